The monoisotopic (exact) mass is 574 g/mol. The first kappa shape index (κ1) is 30.6. The zero-order valence-electron chi connectivity index (χ0n) is 25.1. The molecule has 0 aliphatic carbocycles. The molecule has 8 heteroatoms. The Morgan fingerprint density at radius 2 is 1.93 bits per heavy atom. The topological polar surface area (TPSA) is 85.9 Å². The first-order valence-electron chi connectivity index (χ1n) is 15.3. The van der Waals surface area contributed by atoms with E-state index in [0.29, 0.717) is 19.6 Å². The molecular formula is C33H46N6OS. The van der Waals surface area contributed by atoms with Crippen LogP contribution in [0.15, 0.2) is 48.1 Å². The van der Waals surface area contributed by atoms with Gasteiger partial charge in [-0.15, -0.1) is 11.3 Å². The number of H-pyrrole nitrogens is 1. The van der Waals surface area contributed by atoms with Crippen molar-refractivity contribution in [3.63, 3.8) is 0 Å². The Kier molecular flexibility index (Phi) is 11.6. The standard InChI is InChI=1S/C23H24N6OS.C10H22/c1-2-8-25-23(30)29-10-6-15(7-11-29)20-13-17-18(5-9-24-22(17)28-20)27-16-3-4-19-21(12-16)31-14-26-19;1-4-5-6-7-8-9-10(2)3/h3-6,9,12-14H,2,7-8,10-11H2,1H3,(H,25,30)(H2,24,27,28);10H,4-9H2,1-3H3. The molecule has 1 aliphatic rings. The number of aromatic amines is 1. The molecule has 0 spiro atoms. The minimum absolute atomic E-state index is 0.0138. The van der Waals surface area contributed by atoms with Gasteiger partial charge in [-0.2, -0.15) is 0 Å². The normalized spacial score (nSPS) is 13.3. The molecule has 0 unspecified atom stereocenters. The highest BCUT2D eigenvalue weighted by Gasteiger charge is 2.19. The summed E-state index contributed by atoms with van der Waals surface area (Å²) in [6, 6.07) is 10.4. The number of benzene rings is 1. The van der Waals surface area contributed by atoms with Crippen molar-refractivity contribution in [2.75, 3.05) is 25.0 Å². The van der Waals surface area contributed by atoms with Gasteiger partial charge in [0.1, 0.15) is 5.65 Å². The Balaban J connectivity index is 0.000000334. The summed E-state index contributed by atoms with van der Waals surface area (Å²) in [4.78, 5) is 26.3. The Morgan fingerprint density at radius 3 is 2.68 bits per heavy atom. The molecule has 4 aromatic rings. The summed E-state index contributed by atoms with van der Waals surface area (Å²) in [6.07, 6.45) is 14.3. The van der Waals surface area contributed by atoms with Crippen LogP contribution in [0.25, 0.3) is 26.8 Å². The Labute approximate surface area is 248 Å². The molecule has 1 aromatic carbocycles. The third-order valence-corrected chi connectivity index (χ3v) is 8.19. The average Bonchev–Trinajstić information content (AvgIpc) is 3.64. The van der Waals surface area contributed by atoms with Gasteiger partial charge in [-0.05, 0) is 54.7 Å². The average molecular weight is 575 g/mol. The molecule has 4 heterocycles. The second kappa shape index (κ2) is 15.6. The SMILES string of the molecule is CCCCCCCC(C)C.CCCNC(=O)N1CC=C(c2cc3c(Nc4ccc5ncsc5c4)ccnc3[nH]2)CC1. The lowest BCUT2D eigenvalue weighted by Gasteiger charge is -2.26. The molecule has 5 rings (SSSR count). The summed E-state index contributed by atoms with van der Waals surface area (Å²) in [6.45, 7) is 11.0. The fourth-order valence-corrected chi connectivity index (χ4v) is 5.71. The highest BCUT2D eigenvalue weighted by atomic mass is 32.1. The van der Waals surface area contributed by atoms with Gasteiger partial charge in [-0.3, -0.25) is 0 Å². The van der Waals surface area contributed by atoms with Crippen LogP contribution in [-0.4, -0.2) is 45.5 Å². The largest absolute Gasteiger partial charge is 0.355 e. The molecule has 0 saturated heterocycles. The predicted molar refractivity (Wildman–Crippen MR) is 175 cm³/mol. The minimum Gasteiger partial charge on any atom is -0.355 e. The Hall–Kier alpha value is -3.39. The lowest BCUT2D eigenvalue weighted by Crippen LogP contribution is -2.42. The number of urea groups is 1. The number of nitrogens with zero attached hydrogens (tertiary/aromatic N) is 3. The van der Waals surface area contributed by atoms with E-state index in [1.165, 1.54) is 44.1 Å². The number of aromatic nitrogens is 3. The summed E-state index contributed by atoms with van der Waals surface area (Å²) in [5.41, 5.74) is 8.04. The number of carbonyl (C=O) groups is 1. The van der Waals surface area contributed by atoms with E-state index in [2.05, 4.69) is 71.5 Å². The van der Waals surface area contributed by atoms with Crippen molar-refractivity contribution in [1.29, 1.82) is 0 Å². The molecule has 3 N–H and O–H groups in total. The molecule has 0 saturated carbocycles. The molecular weight excluding hydrogens is 528 g/mol. The van der Waals surface area contributed by atoms with E-state index >= 15 is 0 Å². The van der Waals surface area contributed by atoms with Gasteiger partial charge < -0.3 is 20.5 Å². The van der Waals surface area contributed by atoms with Crippen molar-refractivity contribution >= 4 is 55.6 Å². The first-order valence-corrected chi connectivity index (χ1v) is 16.2. The number of rotatable bonds is 11. The number of amides is 2. The van der Waals surface area contributed by atoms with Crippen LogP contribution in [0.2, 0.25) is 0 Å². The molecule has 220 valence electrons. The van der Waals surface area contributed by atoms with Gasteiger partial charge in [0, 0.05) is 42.6 Å². The molecule has 3 aromatic heterocycles. The van der Waals surface area contributed by atoms with E-state index in [4.69, 9.17) is 0 Å². The van der Waals surface area contributed by atoms with E-state index in [-0.39, 0.29) is 6.03 Å². The van der Waals surface area contributed by atoms with Gasteiger partial charge in [-0.25, -0.2) is 14.8 Å². The molecule has 0 fully saturated rings. The van der Waals surface area contributed by atoms with Crippen LogP contribution < -0.4 is 10.6 Å². The van der Waals surface area contributed by atoms with Crippen molar-refractivity contribution < 1.29 is 4.79 Å². The van der Waals surface area contributed by atoms with Crippen LogP contribution in [0.3, 0.4) is 0 Å². The molecule has 41 heavy (non-hydrogen) atoms. The van der Waals surface area contributed by atoms with Gasteiger partial charge in [-0.1, -0.05) is 72.3 Å². The lowest BCUT2D eigenvalue weighted by atomic mass is 10.0. The Morgan fingerprint density at radius 1 is 1.07 bits per heavy atom. The van der Waals surface area contributed by atoms with E-state index in [9.17, 15) is 4.79 Å². The number of anilines is 2. The summed E-state index contributed by atoms with van der Waals surface area (Å²) >= 11 is 1.64. The number of hydrogen-bond donors (Lipinski definition) is 3. The third-order valence-electron chi connectivity index (χ3n) is 7.40. The first-order chi connectivity index (χ1) is 20.0. The Bertz CT molecular complexity index is 1420. The van der Waals surface area contributed by atoms with E-state index in [1.807, 2.05) is 34.8 Å². The number of pyridine rings is 1. The van der Waals surface area contributed by atoms with Crippen molar-refractivity contribution in [1.82, 2.24) is 25.2 Å². The number of fused-ring (bicyclic) bond motifs is 2. The summed E-state index contributed by atoms with van der Waals surface area (Å²) in [5, 5.41) is 7.52. The lowest BCUT2D eigenvalue weighted by molar-refractivity contribution is 0.203. The molecule has 7 nitrogen and oxygen atoms in total. The van der Waals surface area contributed by atoms with E-state index < -0.39 is 0 Å². The highest BCUT2D eigenvalue weighted by molar-refractivity contribution is 7.16. The fourth-order valence-electron chi connectivity index (χ4n) is 5.00. The van der Waals surface area contributed by atoms with Gasteiger partial charge in [0.05, 0.1) is 21.4 Å². The summed E-state index contributed by atoms with van der Waals surface area (Å²) in [5.74, 6) is 0.904. The fraction of sp³-hybridized carbons (Fsp3) is 0.485. The zero-order valence-corrected chi connectivity index (χ0v) is 25.9. The molecule has 0 bridgehead atoms. The predicted octanol–water partition coefficient (Wildman–Crippen LogP) is 9.13. The highest BCUT2D eigenvalue weighted by Crippen LogP contribution is 2.31. The maximum atomic E-state index is 12.2. The molecule has 2 amide bonds. The quantitative estimate of drug-likeness (QED) is 0.156. The zero-order chi connectivity index (χ0) is 29.0. The second-order valence-electron chi connectivity index (χ2n) is 11.2. The smallest absolute Gasteiger partial charge is 0.317 e. The summed E-state index contributed by atoms with van der Waals surface area (Å²) < 4.78 is 1.16. The van der Waals surface area contributed by atoms with E-state index in [1.54, 1.807) is 11.3 Å². The molecule has 1 aliphatic heterocycles. The third kappa shape index (κ3) is 8.80. The van der Waals surface area contributed by atoms with Crippen LogP contribution in [0.5, 0.6) is 0 Å². The maximum absolute atomic E-state index is 12.2. The number of unbranched alkanes of at least 4 members (excludes halogenated alkanes) is 4. The second-order valence-corrected chi connectivity index (χ2v) is 12.1. The summed E-state index contributed by atoms with van der Waals surface area (Å²) in [7, 11) is 0. The maximum Gasteiger partial charge on any atom is 0.317 e. The number of hydrogen-bond acceptors (Lipinski definition) is 5. The van der Waals surface area contributed by atoms with Crippen LogP contribution in [0.4, 0.5) is 16.2 Å². The van der Waals surface area contributed by atoms with Gasteiger partial charge >= 0.3 is 6.03 Å². The van der Waals surface area contributed by atoms with Crippen molar-refractivity contribution in [3.8, 4) is 0 Å². The number of nitrogens with one attached hydrogen (secondary N) is 3. The van der Waals surface area contributed by atoms with Crippen molar-refractivity contribution in [3.05, 3.63) is 53.8 Å². The number of carbonyl (C=O) groups excluding carboxylic acids is 1. The van der Waals surface area contributed by atoms with Gasteiger partial charge in [0.15, 0.2) is 0 Å². The van der Waals surface area contributed by atoms with Crippen LogP contribution in [0, 0.1) is 5.92 Å². The van der Waals surface area contributed by atoms with Gasteiger partial charge in [0.25, 0.3) is 0 Å². The molecule has 0 radical (unpaired) electrons. The van der Waals surface area contributed by atoms with Crippen LogP contribution in [-0.2, 0) is 0 Å². The van der Waals surface area contributed by atoms with Crippen molar-refractivity contribution in [2.24, 2.45) is 5.92 Å². The number of thiazole rings is 1. The minimum atomic E-state index is 0.0138. The van der Waals surface area contributed by atoms with Gasteiger partial charge in [0.2, 0.25) is 0 Å². The van der Waals surface area contributed by atoms with Crippen LogP contribution >= 0.6 is 11.3 Å². The van der Waals surface area contributed by atoms with Crippen LogP contribution in [0.1, 0.15) is 84.8 Å². The molecule has 0 atom stereocenters. The van der Waals surface area contributed by atoms with Crippen molar-refractivity contribution in [2.45, 2.75) is 79.1 Å². The van der Waals surface area contributed by atoms with E-state index in [0.717, 1.165) is 57.1 Å².